The van der Waals surface area contributed by atoms with E-state index in [9.17, 15) is 4.79 Å². The first kappa shape index (κ1) is 43.2. The van der Waals surface area contributed by atoms with Crippen LogP contribution in [0.5, 0.6) is 34.5 Å². The Labute approximate surface area is 346 Å². The molecule has 58 heavy (non-hydrogen) atoms. The number of ether oxygens (including phenoxy) is 3. The van der Waals surface area contributed by atoms with Gasteiger partial charge in [-0.2, -0.15) is 0 Å². The molecule has 0 radical (unpaired) electrons. The summed E-state index contributed by atoms with van der Waals surface area (Å²) in [6, 6.07) is 15.9. The molecule has 9 nitrogen and oxygen atoms in total. The van der Waals surface area contributed by atoms with Crippen molar-refractivity contribution in [3.8, 4) is 45.6 Å². The number of benzene rings is 3. The maximum atomic E-state index is 14.5. The van der Waals surface area contributed by atoms with Crippen molar-refractivity contribution in [1.29, 1.82) is 0 Å². The molecule has 12 heteroatoms. The smallest absolute Gasteiger partial charge is 0.361 e. The van der Waals surface area contributed by atoms with Gasteiger partial charge < -0.3 is 36.3 Å². The molecule has 0 N–H and O–H groups in total. The average Bonchev–Trinajstić information content (AvgIpc) is 3.45. The van der Waals surface area contributed by atoms with Crippen LogP contribution in [0, 0.1) is 0 Å². The van der Waals surface area contributed by atoms with E-state index in [0.29, 0.717) is 51.0 Å². The number of nitrogens with zero attached hydrogens (tertiary/aromatic N) is 1. The van der Waals surface area contributed by atoms with Crippen molar-refractivity contribution >= 4 is 63.1 Å². The Balaban J connectivity index is 1.77. The number of aromatic nitrogens is 1. The number of pyridine rings is 1. The van der Waals surface area contributed by atoms with Gasteiger partial charge in [-0.1, -0.05) is 68.4 Å². The van der Waals surface area contributed by atoms with E-state index in [0.717, 1.165) is 32.8 Å². The van der Waals surface area contributed by atoms with E-state index < -0.39 is 30.6 Å². The van der Waals surface area contributed by atoms with E-state index in [2.05, 4.69) is 108 Å². The van der Waals surface area contributed by atoms with Crippen molar-refractivity contribution in [3.63, 3.8) is 0 Å². The summed E-state index contributed by atoms with van der Waals surface area (Å²) in [6.45, 7) is 33.2. The zero-order chi connectivity index (χ0) is 43.1. The van der Waals surface area contributed by atoms with Gasteiger partial charge in [0.1, 0.15) is 28.3 Å². The Morgan fingerprint density at radius 1 is 0.534 bits per heavy atom. The molecule has 3 aromatic carbocycles. The van der Waals surface area contributed by atoms with Crippen LogP contribution in [0.3, 0.4) is 0 Å². The lowest BCUT2D eigenvalue weighted by Crippen LogP contribution is -2.43. The molecule has 6 rings (SSSR count). The quantitative estimate of drug-likeness (QED) is 0.0995. The molecule has 0 aliphatic carbocycles. The van der Waals surface area contributed by atoms with Crippen LogP contribution in [0.15, 0.2) is 63.9 Å². The fraction of sp³-hybridized carbons (Fsp3) is 0.457. The summed E-state index contributed by atoms with van der Waals surface area (Å²) in [7, 11) is -1.88. The van der Waals surface area contributed by atoms with E-state index in [-0.39, 0.29) is 15.1 Å². The Morgan fingerprint density at radius 2 is 1.00 bits per heavy atom. The van der Waals surface area contributed by atoms with Crippen LogP contribution in [0.2, 0.25) is 54.4 Å². The van der Waals surface area contributed by atoms with E-state index in [4.69, 9.17) is 31.9 Å². The van der Waals surface area contributed by atoms with Crippen molar-refractivity contribution < 1.29 is 31.9 Å². The molecule has 3 aromatic heterocycles. The van der Waals surface area contributed by atoms with E-state index in [1.165, 1.54) is 0 Å². The largest absolute Gasteiger partial charge is 0.541 e. The van der Waals surface area contributed by atoms with Crippen LogP contribution in [0.1, 0.15) is 62.3 Å². The minimum absolute atomic E-state index is 0.0202. The molecule has 0 aliphatic rings. The molecular weight excluding hydrogens is 779 g/mol. The van der Waals surface area contributed by atoms with Gasteiger partial charge in [0.2, 0.25) is 0 Å². The average molecular weight is 842 g/mol. The Bertz CT molecular complexity index is 2620. The third-order valence-corrected chi connectivity index (χ3v) is 26.1. The first-order valence-electron chi connectivity index (χ1n) is 20.0. The number of hydrogen-bond acceptors (Lipinski definition) is 8. The highest BCUT2D eigenvalue weighted by Crippen LogP contribution is 2.49. The Hall–Kier alpha value is -4.40. The lowest BCUT2D eigenvalue weighted by molar-refractivity contribution is 0.386. The highest BCUT2D eigenvalue weighted by atomic mass is 28.4. The summed E-state index contributed by atoms with van der Waals surface area (Å²) >= 11 is 0. The standard InChI is InChI=1S/C46H63NO8Si3/c1-44(2,3)56(13,14)53-36-24-29(19-20-32(36)49-10)39-40-31-26-35(51-12)38(55-58(17,18)46(7,8)9)27-33(31)52-43(48)42(40)47-22-21-28-23-37(54-57(15,16)45(4,5)6)34(50-11)25-30(28)41(39)47/h19-27H,1-18H3. The first-order chi connectivity index (χ1) is 26.7. The molecule has 0 unspecified atom stereocenters. The number of hydrogen-bond donors (Lipinski definition) is 0. The topological polar surface area (TPSA) is 90.0 Å². The monoisotopic (exact) mass is 841 g/mol. The number of rotatable bonds is 10. The highest BCUT2D eigenvalue weighted by Gasteiger charge is 2.42. The predicted octanol–water partition coefficient (Wildman–Crippen LogP) is 13.2. The molecule has 0 saturated carbocycles. The fourth-order valence-electron chi connectivity index (χ4n) is 6.46. The molecule has 0 saturated heterocycles. The van der Waals surface area contributed by atoms with Gasteiger partial charge in [0.15, 0.2) is 17.2 Å². The van der Waals surface area contributed by atoms with Gasteiger partial charge in [0.25, 0.3) is 25.0 Å². The summed E-state index contributed by atoms with van der Waals surface area (Å²) < 4.78 is 46.8. The van der Waals surface area contributed by atoms with Crippen LogP contribution < -0.4 is 33.1 Å². The SMILES string of the molecule is COc1ccc(-c2c3c4cc(OC)c(O[Si](C)(C)C(C)(C)C)cc4oc(=O)c3n3ccc4cc(O[Si](C)(C)C(C)(C)C)c(OC)cc4c23)cc1O[Si](C)(C)C(C)(C)C. The fourth-order valence-corrected chi connectivity index (χ4v) is 9.51. The van der Waals surface area contributed by atoms with Gasteiger partial charge in [0, 0.05) is 34.0 Å². The summed E-state index contributed by atoms with van der Waals surface area (Å²) in [4.78, 5) is 14.5. The number of methoxy groups -OCH3 is 3. The number of fused-ring (bicyclic) bond motifs is 7. The highest BCUT2D eigenvalue weighted by molar-refractivity contribution is 6.75. The lowest BCUT2D eigenvalue weighted by Gasteiger charge is -2.37. The minimum atomic E-state index is -2.31. The van der Waals surface area contributed by atoms with Crippen molar-refractivity contribution in [2.24, 2.45) is 0 Å². The van der Waals surface area contributed by atoms with Crippen molar-refractivity contribution in [1.82, 2.24) is 4.40 Å². The molecule has 3 heterocycles. The maximum Gasteiger partial charge on any atom is 0.361 e. The van der Waals surface area contributed by atoms with E-state index in [1.807, 2.05) is 53.1 Å². The van der Waals surface area contributed by atoms with Crippen LogP contribution in [0.4, 0.5) is 0 Å². The van der Waals surface area contributed by atoms with Gasteiger partial charge in [0.05, 0.1) is 26.8 Å². The summed E-state index contributed by atoms with van der Waals surface area (Å²) in [6.07, 6.45) is 1.94. The molecule has 0 aliphatic heterocycles. The normalized spacial score (nSPS) is 13.4. The van der Waals surface area contributed by atoms with Crippen molar-refractivity contribution in [3.05, 3.63) is 65.1 Å². The summed E-state index contributed by atoms with van der Waals surface area (Å²) in [5.41, 5.74) is 2.84. The van der Waals surface area contributed by atoms with Gasteiger partial charge in [-0.25, -0.2) is 4.79 Å². The van der Waals surface area contributed by atoms with Crippen molar-refractivity contribution in [2.75, 3.05) is 21.3 Å². The van der Waals surface area contributed by atoms with Crippen LogP contribution in [-0.2, 0) is 0 Å². The van der Waals surface area contributed by atoms with Crippen LogP contribution >= 0.6 is 0 Å². The molecule has 6 aromatic rings. The third kappa shape index (κ3) is 7.40. The Kier molecular flexibility index (Phi) is 10.7. The van der Waals surface area contributed by atoms with Crippen molar-refractivity contribution in [2.45, 2.75) is 117 Å². The molecule has 312 valence electrons. The Morgan fingerprint density at radius 3 is 1.48 bits per heavy atom. The molecule has 0 bridgehead atoms. The third-order valence-electron chi connectivity index (χ3n) is 13.1. The van der Waals surface area contributed by atoms with Crippen LogP contribution in [0.25, 0.3) is 49.3 Å². The van der Waals surface area contributed by atoms with Gasteiger partial charge in [-0.15, -0.1) is 0 Å². The molecule has 0 atom stereocenters. The zero-order valence-corrected chi connectivity index (χ0v) is 40.9. The van der Waals surface area contributed by atoms with E-state index >= 15 is 0 Å². The van der Waals surface area contributed by atoms with Gasteiger partial charge in [-0.05, 0) is 102 Å². The second-order valence-corrected chi connectivity index (χ2v) is 34.2. The van der Waals surface area contributed by atoms with Crippen LogP contribution in [-0.4, -0.2) is 50.7 Å². The second kappa shape index (κ2) is 14.4. The molecular formula is C46H63NO8Si3. The molecule has 0 amide bonds. The zero-order valence-electron chi connectivity index (χ0n) is 37.9. The summed E-state index contributed by atoms with van der Waals surface area (Å²) in [5.74, 6) is 3.71. The van der Waals surface area contributed by atoms with Gasteiger partial charge >= 0.3 is 5.63 Å². The molecule has 0 fully saturated rings. The minimum Gasteiger partial charge on any atom is -0.541 e. The summed E-state index contributed by atoms with van der Waals surface area (Å²) in [5, 5.41) is 3.11. The van der Waals surface area contributed by atoms with Gasteiger partial charge in [-0.3, -0.25) is 0 Å². The molecule has 0 spiro atoms. The lowest BCUT2D eigenvalue weighted by atomic mass is 9.98. The first-order valence-corrected chi connectivity index (χ1v) is 28.8. The predicted molar refractivity (Wildman–Crippen MR) is 247 cm³/mol. The second-order valence-electron chi connectivity index (χ2n) is 20.1. The maximum absolute atomic E-state index is 14.5. The van der Waals surface area contributed by atoms with E-state index in [1.54, 1.807) is 21.3 Å².